The summed E-state index contributed by atoms with van der Waals surface area (Å²) in [5.41, 5.74) is 2.81. The van der Waals surface area contributed by atoms with Gasteiger partial charge >= 0.3 is 0 Å². The zero-order valence-electron chi connectivity index (χ0n) is 13.5. The van der Waals surface area contributed by atoms with E-state index < -0.39 is 0 Å². The Bertz CT molecular complexity index is 448. The van der Waals surface area contributed by atoms with E-state index in [0.717, 1.165) is 19.6 Å². The van der Waals surface area contributed by atoms with Gasteiger partial charge in [-0.25, -0.2) is 0 Å². The molecule has 2 rings (SSSR count). The Hall–Kier alpha value is -0.580. The predicted octanol–water partition coefficient (Wildman–Crippen LogP) is 3.48. The van der Waals surface area contributed by atoms with Gasteiger partial charge in [0.25, 0.3) is 0 Å². The molecule has 21 heavy (non-hydrogen) atoms. The summed E-state index contributed by atoms with van der Waals surface area (Å²) in [6.45, 7) is 6.56. The van der Waals surface area contributed by atoms with Crippen molar-refractivity contribution in [2.24, 2.45) is 0 Å². The van der Waals surface area contributed by atoms with Gasteiger partial charge in [-0.2, -0.15) is 0 Å². The van der Waals surface area contributed by atoms with Crippen molar-refractivity contribution < 1.29 is 0 Å². The van der Waals surface area contributed by atoms with Gasteiger partial charge in [0.2, 0.25) is 0 Å². The summed E-state index contributed by atoms with van der Waals surface area (Å²) in [5, 5.41) is 3.54. The van der Waals surface area contributed by atoms with Crippen LogP contribution in [0.15, 0.2) is 22.7 Å². The van der Waals surface area contributed by atoms with Crippen molar-refractivity contribution in [2.75, 3.05) is 38.6 Å². The minimum Gasteiger partial charge on any atom is -0.367 e. The van der Waals surface area contributed by atoms with Gasteiger partial charge in [-0.3, -0.25) is 0 Å². The molecule has 1 saturated heterocycles. The van der Waals surface area contributed by atoms with E-state index in [1.54, 1.807) is 0 Å². The number of anilines is 1. The Balaban J connectivity index is 2.16. The first-order valence-electron chi connectivity index (χ1n) is 8.02. The van der Waals surface area contributed by atoms with Crippen molar-refractivity contribution in [2.45, 2.75) is 38.8 Å². The Kier molecular flexibility index (Phi) is 6.52. The molecule has 4 heteroatoms. The van der Waals surface area contributed by atoms with Crippen LogP contribution in [0.2, 0.25) is 0 Å². The fourth-order valence-electron chi connectivity index (χ4n) is 3.14. The Morgan fingerprint density at radius 1 is 1.38 bits per heavy atom. The van der Waals surface area contributed by atoms with E-state index in [2.05, 4.69) is 70.3 Å². The molecule has 0 aliphatic carbocycles. The second kappa shape index (κ2) is 8.16. The number of halogens is 1. The zero-order valence-corrected chi connectivity index (χ0v) is 15.1. The number of hydrogen-bond acceptors (Lipinski definition) is 3. The summed E-state index contributed by atoms with van der Waals surface area (Å²) in [4.78, 5) is 4.91. The molecule has 0 amide bonds. The second-order valence-corrected chi connectivity index (χ2v) is 7.12. The molecule has 1 heterocycles. The van der Waals surface area contributed by atoms with Crippen LogP contribution < -0.4 is 10.2 Å². The van der Waals surface area contributed by atoms with Crippen LogP contribution in [-0.2, 0) is 6.54 Å². The van der Waals surface area contributed by atoms with Gasteiger partial charge in [0.15, 0.2) is 0 Å². The monoisotopic (exact) mass is 353 g/mol. The molecule has 1 aliphatic rings. The molecule has 118 valence electrons. The molecule has 1 unspecified atom stereocenters. The van der Waals surface area contributed by atoms with Gasteiger partial charge in [-0.1, -0.05) is 22.9 Å². The Labute approximate surface area is 137 Å². The van der Waals surface area contributed by atoms with Crippen LogP contribution in [-0.4, -0.2) is 44.7 Å². The topological polar surface area (TPSA) is 18.5 Å². The fourth-order valence-corrected chi connectivity index (χ4v) is 3.55. The first-order chi connectivity index (χ1) is 10.1. The number of benzene rings is 1. The lowest BCUT2D eigenvalue weighted by Gasteiger charge is -2.31. The van der Waals surface area contributed by atoms with Crippen molar-refractivity contribution in [1.82, 2.24) is 10.2 Å². The third kappa shape index (κ3) is 4.70. The van der Waals surface area contributed by atoms with Crippen molar-refractivity contribution in [1.29, 1.82) is 0 Å². The molecule has 1 fully saturated rings. The van der Waals surface area contributed by atoms with E-state index in [4.69, 9.17) is 0 Å². The number of likely N-dealkylation sites (N-methyl/N-ethyl adjacent to an activating group) is 1. The summed E-state index contributed by atoms with van der Waals surface area (Å²) < 4.78 is 1.17. The molecule has 0 bridgehead atoms. The highest BCUT2D eigenvalue weighted by Gasteiger charge is 2.26. The SMILES string of the molecule is CCCNCc1cc(Br)ccc1N1CCCC1CN(C)C. The first kappa shape index (κ1) is 16.8. The van der Waals surface area contributed by atoms with E-state index in [0.29, 0.717) is 6.04 Å². The number of hydrogen-bond donors (Lipinski definition) is 1. The number of nitrogens with one attached hydrogen (secondary N) is 1. The molecule has 1 aromatic rings. The lowest BCUT2D eigenvalue weighted by atomic mass is 10.1. The van der Waals surface area contributed by atoms with Crippen LogP contribution in [0.3, 0.4) is 0 Å². The van der Waals surface area contributed by atoms with Gasteiger partial charge in [0.1, 0.15) is 0 Å². The molecular weight excluding hydrogens is 326 g/mol. The van der Waals surface area contributed by atoms with Gasteiger partial charge in [0, 0.05) is 35.8 Å². The molecule has 1 atom stereocenters. The van der Waals surface area contributed by atoms with E-state index in [1.807, 2.05) is 0 Å². The second-order valence-electron chi connectivity index (χ2n) is 6.20. The maximum Gasteiger partial charge on any atom is 0.0417 e. The average Bonchev–Trinajstić information content (AvgIpc) is 2.86. The van der Waals surface area contributed by atoms with Crippen LogP contribution in [0.5, 0.6) is 0 Å². The Morgan fingerprint density at radius 3 is 2.90 bits per heavy atom. The fraction of sp³-hybridized carbons (Fsp3) is 0.647. The lowest BCUT2D eigenvalue weighted by molar-refractivity contribution is 0.372. The molecule has 0 radical (unpaired) electrons. The van der Waals surface area contributed by atoms with Crippen molar-refractivity contribution in [3.63, 3.8) is 0 Å². The van der Waals surface area contributed by atoms with E-state index in [9.17, 15) is 0 Å². The third-order valence-corrected chi connectivity index (χ3v) is 4.54. The van der Waals surface area contributed by atoms with E-state index in [-0.39, 0.29) is 0 Å². The molecule has 3 nitrogen and oxygen atoms in total. The average molecular weight is 354 g/mol. The molecular formula is C17H28BrN3. The van der Waals surface area contributed by atoms with Gasteiger partial charge in [-0.05, 0) is 63.7 Å². The summed E-state index contributed by atoms with van der Waals surface area (Å²) in [7, 11) is 4.34. The van der Waals surface area contributed by atoms with E-state index >= 15 is 0 Å². The highest BCUT2D eigenvalue weighted by molar-refractivity contribution is 9.10. The third-order valence-electron chi connectivity index (χ3n) is 4.05. The van der Waals surface area contributed by atoms with Crippen LogP contribution in [0.25, 0.3) is 0 Å². The maximum absolute atomic E-state index is 3.61. The first-order valence-corrected chi connectivity index (χ1v) is 8.81. The van der Waals surface area contributed by atoms with Gasteiger partial charge < -0.3 is 15.1 Å². The van der Waals surface area contributed by atoms with Crippen LogP contribution in [0.4, 0.5) is 5.69 Å². The predicted molar refractivity (Wildman–Crippen MR) is 95.1 cm³/mol. The normalized spacial score (nSPS) is 18.7. The van der Waals surface area contributed by atoms with Gasteiger partial charge in [-0.15, -0.1) is 0 Å². The summed E-state index contributed by atoms with van der Waals surface area (Å²) in [6.07, 6.45) is 3.78. The summed E-state index contributed by atoms with van der Waals surface area (Å²) in [5.74, 6) is 0. The molecule has 0 spiro atoms. The van der Waals surface area contributed by atoms with Crippen LogP contribution in [0, 0.1) is 0 Å². The van der Waals surface area contributed by atoms with E-state index in [1.165, 1.54) is 41.5 Å². The smallest absolute Gasteiger partial charge is 0.0417 e. The number of nitrogens with zero attached hydrogens (tertiary/aromatic N) is 2. The zero-order chi connectivity index (χ0) is 15.2. The molecule has 1 aliphatic heterocycles. The van der Waals surface area contributed by atoms with Crippen molar-refractivity contribution >= 4 is 21.6 Å². The molecule has 0 aromatic heterocycles. The number of rotatable bonds is 7. The molecule has 0 saturated carbocycles. The highest BCUT2D eigenvalue weighted by Crippen LogP contribution is 2.31. The minimum atomic E-state index is 0.645. The van der Waals surface area contributed by atoms with Crippen LogP contribution >= 0.6 is 15.9 Å². The Morgan fingerprint density at radius 2 is 2.19 bits per heavy atom. The quantitative estimate of drug-likeness (QED) is 0.757. The van der Waals surface area contributed by atoms with Gasteiger partial charge in [0.05, 0.1) is 0 Å². The molecule has 1 aromatic carbocycles. The largest absolute Gasteiger partial charge is 0.367 e. The van der Waals surface area contributed by atoms with Crippen LogP contribution in [0.1, 0.15) is 31.7 Å². The summed E-state index contributed by atoms with van der Waals surface area (Å²) in [6, 6.07) is 7.36. The molecule has 1 N–H and O–H groups in total. The van der Waals surface area contributed by atoms with Crippen molar-refractivity contribution in [3.05, 3.63) is 28.2 Å². The lowest BCUT2D eigenvalue weighted by Crippen LogP contribution is -2.38. The summed E-state index contributed by atoms with van der Waals surface area (Å²) >= 11 is 3.61. The highest BCUT2D eigenvalue weighted by atomic mass is 79.9. The standard InChI is InChI=1S/C17H28BrN3/c1-4-9-19-12-14-11-15(18)7-8-17(14)21-10-5-6-16(21)13-20(2)3/h7-8,11,16,19H,4-6,9-10,12-13H2,1-3H3. The van der Waals surface area contributed by atoms with Crippen molar-refractivity contribution in [3.8, 4) is 0 Å². The minimum absolute atomic E-state index is 0.645. The maximum atomic E-state index is 3.61.